The maximum atomic E-state index is 11.2. The Morgan fingerprint density at radius 1 is 1.25 bits per heavy atom. The van der Waals surface area contributed by atoms with Crippen LogP contribution in [0.3, 0.4) is 0 Å². The minimum absolute atomic E-state index is 0.0878. The lowest BCUT2D eigenvalue weighted by Gasteiger charge is -1.95. The monoisotopic (exact) mass is 218 g/mol. The molecule has 0 heterocycles. The van der Waals surface area contributed by atoms with E-state index in [0.29, 0.717) is 6.42 Å². The zero-order chi connectivity index (χ0) is 12.0. The molecule has 16 heavy (non-hydrogen) atoms. The van der Waals surface area contributed by atoms with E-state index in [1.54, 1.807) is 18.2 Å². The second-order valence-corrected chi connectivity index (χ2v) is 3.48. The van der Waals surface area contributed by atoms with Crippen molar-refractivity contribution >= 4 is 17.8 Å². The molecule has 0 bridgehead atoms. The van der Waals surface area contributed by atoms with Crippen molar-refractivity contribution in [3.8, 4) is 0 Å². The van der Waals surface area contributed by atoms with Crippen molar-refractivity contribution < 1.29 is 14.7 Å². The van der Waals surface area contributed by atoms with Crippen LogP contribution in [0.4, 0.5) is 0 Å². The third-order valence-electron chi connectivity index (χ3n) is 2.12. The van der Waals surface area contributed by atoms with E-state index in [4.69, 9.17) is 5.11 Å². The lowest BCUT2D eigenvalue weighted by Crippen LogP contribution is -1.95. The van der Waals surface area contributed by atoms with Crippen molar-refractivity contribution in [3.05, 3.63) is 41.5 Å². The van der Waals surface area contributed by atoms with Gasteiger partial charge in [0, 0.05) is 6.42 Å². The van der Waals surface area contributed by atoms with Gasteiger partial charge in [-0.2, -0.15) is 0 Å². The first-order chi connectivity index (χ1) is 7.63. The van der Waals surface area contributed by atoms with Crippen molar-refractivity contribution in [1.82, 2.24) is 0 Å². The summed E-state index contributed by atoms with van der Waals surface area (Å²) in [7, 11) is 0. The molecule has 0 fully saturated rings. The van der Waals surface area contributed by atoms with Gasteiger partial charge in [-0.3, -0.25) is 4.79 Å². The molecule has 0 aromatic heterocycles. The van der Waals surface area contributed by atoms with E-state index in [2.05, 4.69) is 0 Å². The Morgan fingerprint density at radius 3 is 2.38 bits per heavy atom. The summed E-state index contributed by atoms with van der Waals surface area (Å²) in [6, 6.07) is 6.40. The summed E-state index contributed by atoms with van der Waals surface area (Å²) in [5.74, 6) is -0.859. The predicted molar refractivity (Wildman–Crippen MR) is 62.4 cm³/mol. The number of carbonyl (C=O) groups is 2. The van der Waals surface area contributed by atoms with Crippen LogP contribution in [0.2, 0.25) is 0 Å². The number of carboxylic acid groups (broad SMARTS) is 1. The maximum absolute atomic E-state index is 11.2. The first-order valence-electron chi connectivity index (χ1n) is 5.17. The van der Waals surface area contributed by atoms with Gasteiger partial charge >= 0.3 is 5.97 Å². The van der Waals surface area contributed by atoms with Gasteiger partial charge in [0.1, 0.15) is 0 Å². The van der Waals surface area contributed by atoms with Gasteiger partial charge < -0.3 is 5.11 Å². The highest BCUT2D eigenvalue weighted by Crippen LogP contribution is 2.06. The van der Waals surface area contributed by atoms with Gasteiger partial charge in [0.2, 0.25) is 0 Å². The van der Waals surface area contributed by atoms with Crippen LogP contribution in [0.25, 0.3) is 6.08 Å². The Bertz CT molecular complexity index is 402. The fourth-order valence-corrected chi connectivity index (χ4v) is 1.26. The third-order valence-corrected chi connectivity index (χ3v) is 2.12. The molecule has 1 aromatic carbocycles. The second kappa shape index (κ2) is 5.85. The van der Waals surface area contributed by atoms with Gasteiger partial charge in [-0.15, -0.1) is 0 Å². The lowest BCUT2D eigenvalue weighted by molar-refractivity contribution is -0.114. The molecule has 0 atom stereocenters. The minimum atomic E-state index is -0.947. The standard InChI is InChI=1S/C13H14O3/c1-2-3-12(14)9-6-10-4-7-11(8-5-10)13(15)16/h4-9H,2-3H2,1H3,(H,15,16). The number of rotatable bonds is 5. The predicted octanol–water partition coefficient (Wildman–Crippen LogP) is 2.77. The second-order valence-electron chi connectivity index (χ2n) is 3.48. The third kappa shape index (κ3) is 3.69. The van der Waals surface area contributed by atoms with E-state index < -0.39 is 5.97 Å². The first kappa shape index (κ1) is 12.2. The molecule has 0 radical (unpaired) electrons. The largest absolute Gasteiger partial charge is 0.478 e. The molecule has 0 aliphatic carbocycles. The highest BCUT2D eigenvalue weighted by Gasteiger charge is 2.00. The van der Waals surface area contributed by atoms with Gasteiger partial charge in [0.25, 0.3) is 0 Å². The number of benzene rings is 1. The zero-order valence-corrected chi connectivity index (χ0v) is 9.14. The molecule has 3 heteroatoms. The van der Waals surface area contributed by atoms with E-state index in [9.17, 15) is 9.59 Å². The molecule has 0 unspecified atom stereocenters. The molecule has 1 N–H and O–H groups in total. The Balaban J connectivity index is 2.68. The fraction of sp³-hybridized carbons (Fsp3) is 0.231. The van der Waals surface area contributed by atoms with Crippen LogP contribution in [0, 0.1) is 0 Å². The van der Waals surface area contributed by atoms with Crippen LogP contribution in [0.15, 0.2) is 30.3 Å². The van der Waals surface area contributed by atoms with E-state index >= 15 is 0 Å². The highest BCUT2D eigenvalue weighted by molar-refractivity contribution is 5.93. The molecule has 84 valence electrons. The van der Waals surface area contributed by atoms with Crippen LogP contribution in [-0.4, -0.2) is 16.9 Å². The fourth-order valence-electron chi connectivity index (χ4n) is 1.26. The quantitative estimate of drug-likeness (QED) is 0.773. The van der Waals surface area contributed by atoms with Crippen LogP contribution < -0.4 is 0 Å². The van der Waals surface area contributed by atoms with E-state index in [0.717, 1.165) is 12.0 Å². The summed E-state index contributed by atoms with van der Waals surface area (Å²) < 4.78 is 0. The van der Waals surface area contributed by atoms with E-state index in [1.807, 2.05) is 6.92 Å². The van der Waals surface area contributed by atoms with Gasteiger partial charge in [-0.25, -0.2) is 4.79 Å². The number of ketones is 1. The molecule has 3 nitrogen and oxygen atoms in total. The van der Waals surface area contributed by atoms with Gasteiger partial charge in [-0.1, -0.05) is 25.1 Å². The number of carbonyl (C=O) groups excluding carboxylic acids is 1. The Morgan fingerprint density at radius 2 is 1.88 bits per heavy atom. The topological polar surface area (TPSA) is 54.4 Å². The average molecular weight is 218 g/mol. The smallest absolute Gasteiger partial charge is 0.335 e. The van der Waals surface area contributed by atoms with Crippen molar-refractivity contribution in [1.29, 1.82) is 0 Å². The number of hydrogen-bond donors (Lipinski definition) is 1. The van der Waals surface area contributed by atoms with Gasteiger partial charge in [-0.05, 0) is 30.2 Å². The maximum Gasteiger partial charge on any atom is 0.335 e. The number of aromatic carboxylic acids is 1. The first-order valence-corrected chi connectivity index (χ1v) is 5.17. The van der Waals surface area contributed by atoms with E-state index in [-0.39, 0.29) is 11.3 Å². The molecule has 0 amide bonds. The molecule has 1 aromatic rings. The zero-order valence-electron chi connectivity index (χ0n) is 9.14. The molecule has 0 spiro atoms. The van der Waals surface area contributed by atoms with Gasteiger partial charge in [0.05, 0.1) is 5.56 Å². The summed E-state index contributed by atoms with van der Waals surface area (Å²) >= 11 is 0. The summed E-state index contributed by atoms with van der Waals surface area (Å²) in [6.07, 6.45) is 4.60. The molecule has 0 saturated carbocycles. The van der Waals surface area contributed by atoms with Crippen molar-refractivity contribution in [2.24, 2.45) is 0 Å². The minimum Gasteiger partial charge on any atom is -0.478 e. The Hall–Kier alpha value is -1.90. The molecule has 0 aliphatic rings. The Labute approximate surface area is 94.4 Å². The van der Waals surface area contributed by atoms with Gasteiger partial charge in [0.15, 0.2) is 5.78 Å². The molecule has 0 aliphatic heterocycles. The molecular weight excluding hydrogens is 204 g/mol. The SMILES string of the molecule is CCCC(=O)C=Cc1ccc(C(=O)O)cc1. The van der Waals surface area contributed by atoms with Crippen LogP contribution >= 0.6 is 0 Å². The number of allylic oxidation sites excluding steroid dienone is 1. The highest BCUT2D eigenvalue weighted by atomic mass is 16.4. The summed E-state index contributed by atoms with van der Waals surface area (Å²) in [5, 5.41) is 8.69. The number of hydrogen-bond acceptors (Lipinski definition) is 2. The molecule has 0 saturated heterocycles. The summed E-state index contributed by atoms with van der Waals surface area (Å²) in [4.78, 5) is 21.8. The van der Waals surface area contributed by atoms with Crippen molar-refractivity contribution in [2.75, 3.05) is 0 Å². The normalized spacial score (nSPS) is 10.6. The average Bonchev–Trinajstić information content (AvgIpc) is 2.27. The van der Waals surface area contributed by atoms with Crippen molar-refractivity contribution in [3.63, 3.8) is 0 Å². The molecular formula is C13H14O3. The van der Waals surface area contributed by atoms with Crippen molar-refractivity contribution in [2.45, 2.75) is 19.8 Å². The Kier molecular flexibility index (Phi) is 4.45. The van der Waals surface area contributed by atoms with Crippen LogP contribution in [-0.2, 0) is 4.79 Å². The summed E-state index contributed by atoms with van der Waals surface area (Å²) in [5.41, 5.74) is 1.08. The van der Waals surface area contributed by atoms with E-state index in [1.165, 1.54) is 18.2 Å². The number of carboxylic acids is 1. The van der Waals surface area contributed by atoms with Crippen LogP contribution in [0.5, 0.6) is 0 Å². The summed E-state index contributed by atoms with van der Waals surface area (Å²) in [6.45, 7) is 1.95. The lowest BCUT2D eigenvalue weighted by atomic mass is 10.1. The molecule has 1 rings (SSSR count). The van der Waals surface area contributed by atoms with Crippen LogP contribution in [0.1, 0.15) is 35.7 Å².